The van der Waals surface area contributed by atoms with Crippen LogP contribution < -0.4 is 0 Å². The van der Waals surface area contributed by atoms with Gasteiger partial charge in [-0.25, -0.2) is 4.98 Å². The number of thiophene rings is 1. The highest BCUT2D eigenvalue weighted by atomic mass is 32.1. The zero-order chi connectivity index (χ0) is 12.8. The first-order valence-electron chi connectivity index (χ1n) is 6.38. The van der Waals surface area contributed by atoms with Crippen LogP contribution in [0.3, 0.4) is 0 Å². The van der Waals surface area contributed by atoms with Gasteiger partial charge in [0.15, 0.2) is 5.78 Å². The lowest BCUT2D eigenvalue weighted by Crippen LogP contribution is -2.05. The SMILES string of the molecule is CCCc1nccn1CCCC(=O)c1cccs1. The highest BCUT2D eigenvalue weighted by Crippen LogP contribution is 2.13. The van der Waals surface area contributed by atoms with E-state index in [1.54, 1.807) is 0 Å². The molecular formula is C14H18N2OS. The van der Waals surface area contributed by atoms with Gasteiger partial charge < -0.3 is 4.57 Å². The number of aryl methyl sites for hydroxylation is 2. The number of Topliss-reactive ketones (excluding diaryl/α,β-unsaturated/α-hetero) is 1. The van der Waals surface area contributed by atoms with Gasteiger partial charge in [0, 0.05) is 31.8 Å². The zero-order valence-corrected chi connectivity index (χ0v) is 11.4. The molecule has 0 N–H and O–H groups in total. The van der Waals surface area contributed by atoms with Gasteiger partial charge in [0.25, 0.3) is 0 Å². The number of aromatic nitrogens is 2. The van der Waals surface area contributed by atoms with E-state index in [1.807, 2.05) is 29.9 Å². The molecule has 0 aliphatic rings. The number of carbonyl (C=O) groups is 1. The lowest BCUT2D eigenvalue weighted by Gasteiger charge is -2.06. The molecule has 0 saturated carbocycles. The molecule has 0 saturated heterocycles. The van der Waals surface area contributed by atoms with Crippen LogP contribution in [0, 0.1) is 0 Å². The van der Waals surface area contributed by atoms with E-state index in [9.17, 15) is 4.79 Å². The van der Waals surface area contributed by atoms with E-state index >= 15 is 0 Å². The van der Waals surface area contributed by atoms with Crippen molar-refractivity contribution in [2.75, 3.05) is 0 Å². The lowest BCUT2D eigenvalue weighted by atomic mass is 10.2. The topological polar surface area (TPSA) is 34.9 Å². The Kier molecular flexibility index (Phi) is 4.70. The fraction of sp³-hybridized carbons (Fsp3) is 0.429. The van der Waals surface area contributed by atoms with Crippen LogP contribution in [0.2, 0.25) is 0 Å². The first kappa shape index (κ1) is 13.0. The van der Waals surface area contributed by atoms with Crippen molar-refractivity contribution in [1.29, 1.82) is 0 Å². The minimum Gasteiger partial charge on any atom is -0.335 e. The predicted octanol–water partition coefficient (Wildman–Crippen LogP) is 3.56. The monoisotopic (exact) mass is 262 g/mol. The number of rotatable bonds is 7. The minimum atomic E-state index is 0.252. The summed E-state index contributed by atoms with van der Waals surface area (Å²) in [6.45, 7) is 3.03. The molecule has 2 heterocycles. The number of hydrogen-bond acceptors (Lipinski definition) is 3. The molecule has 0 aliphatic carbocycles. The van der Waals surface area contributed by atoms with Crippen molar-refractivity contribution in [1.82, 2.24) is 9.55 Å². The van der Waals surface area contributed by atoms with Crippen molar-refractivity contribution < 1.29 is 4.79 Å². The molecule has 0 aliphatic heterocycles. The molecule has 4 heteroatoms. The predicted molar refractivity (Wildman–Crippen MR) is 74.1 cm³/mol. The Morgan fingerprint density at radius 2 is 2.39 bits per heavy atom. The molecular weight excluding hydrogens is 244 g/mol. The van der Waals surface area contributed by atoms with Gasteiger partial charge >= 0.3 is 0 Å². The molecule has 2 rings (SSSR count). The fourth-order valence-electron chi connectivity index (χ4n) is 1.97. The maximum absolute atomic E-state index is 11.8. The summed E-state index contributed by atoms with van der Waals surface area (Å²) in [5, 5.41) is 1.95. The lowest BCUT2D eigenvalue weighted by molar-refractivity contribution is 0.0982. The summed E-state index contributed by atoms with van der Waals surface area (Å²) in [4.78, 5) is 17.0. The molecule has 0 aromatic carbocycles. The largest absolute Gasteiger partial charge is 0.335 e. The van der Waals surface area contributed by atoms with Crippen molar-refractivity contribution in [3.63, 3.8) is 0 Å². The quantitative estimate of drug-likeness (QED) is 0.715. The summed E-state index contributed by atoms with van der Waals surface area (Å²) in [7, 11) is 0. The molecule has 96 valence electrons. The van der Waals surface area contributed by atoms with Crippen LogP contribution in [-0.4, -0.2) is 15.3 Å². The molecule has 2 aromatic heterocycles. The first-order chi connectivity index (χ1) is 8.81. The first-order valence-corrected chi connectivity index (χ1v) is 7.26. The third-order valence-corrected chi connectivity index (χ3v) is 3.79. The fourth-order valence-corrected chi connectivity index (χ4v) is 2.66. The molecule has 0 radical (unpaired) electrons. The van der Waals surface area contributed by atoms with E-state index in [2.05, 4.69) is 16.5 Å². The summed E-state index contributed by atoms with van der Waals surface area (Å²) < 4.78 is 2.16. The average Bonchev–Trinajstić information content (AvgIpc) is 3.01. The highest BCUT2D eigenvalue weighted by molar-refractivity contribution is 7.12. The average molecular weight is 262 g/mol. The smallest absolute Gasteiger partial charge is 0.172 e. The molecule has 2 aromatic rings. The van der Waals surface area contributed by atoms with Gasteiger partial charge in [0.1, 0.15) is 5.82 Å². The standard InChI is InChI=1S/C14H18N2OS/c1-2-5-14-15-8-10-16(14)9-3-6-12(17)13-7-4-11-18-13/h4,7-8,10-11H,2-3,5-6,9H2,1H3. The van der Waals surface area contributed by atoms with Gasteiger partial charge in [0.2, 0.25) is 0 Å². The Hall–Kier alpha value is -1.42. The van der Waals surface area contributed by atoms with Crippen molar-refractivity contribution in [3.05, 3.63) is 40.6 Å². The van der Waals surface area contributed by atoms with Crippen LogP contribution in [0.15, 0.2) is 29.9 Å². The number of carbonyl (C=O) groups excluding carboxylic acids is 1. The molecule has 0 bridgehead atoms. The van der Waals surface area contributed by atoms with Gasteiger partial charge in [-0.2, -0.15) is 0 Å². The van der Waals surface area contributed by atoms with E-state index in [0.717, 1.165) is 36.5 Å². The number of ketones is 1. The normalized spacial score (nSPS) is 10.7. The molecule has 0 atom stereocenters. The van der Waals surface area contributed by atoms with E-state index in [1.165, 1.54) is 11.3 Å². The van der Waals surface area contributed by atoms with Crippen LogP contribution in [-0.2, 0) is 13.0 Å². The van der Waals surface area contributed by atoms with Crippen molar-refractivity contribution in [2.24, 2.45) is 0 Å². The number of imidazole rings is 1. The maximum Gasteiger partial charge on any atom is 0.172 e. The van der Waals surface area contributed by atoms with Crippen LogP contribution in [0.5, 0.6) is 0 Å². The van der Waals surface area contributed by atoms with Gasteiger partial charge in [0.05, 0.1) is 4.88 Å². The molecule has 3 nitrogen and oxygen atoms in total. The summed E-state index contributed by atoms with van der Waals surface area (Å²) in [6, 6.07) is 3.82. The van der Waals surface area contributed by atoms with Crippen molar-refractivity contribution in [2.45, 2.75) is 39.2 Å². The van der Waals surface area contributed by atoms with Gasteiger partial charge in [-0.15, -0.1) is 11.3 Å². The Balaban J connectivity index is 1.81. The second-order valence-corrected chi connectivity index (χ2v) is 5.24. The summed E-state index contributed by atoms with van der Waals surface area (Å²) >= 11 is 1.52. The van der Waals surface area contributed by atoms with E-state index < -0.39 is 0 Å². The van der Waals surface area contributed by atoms with Crippen LogP contribution >= 0.6 is 11.3 Å². The minimum absolute atomic E-state index is 0.252. The van der Waals surface area contributed by atoms with Crippen LogP contribution in [0.25, 0.3) is 0 Å². The zero-order valence-electron chi connectivity index (χ0n) is 10.6. The van der Waals surface area contributed by atoms with Crippen molar-refractivity contribution in [3.8, 4) is 0 Å². The Bertz CT molecular complexity index is 488. The van der Waals surface area contributed by atoms with E-state index in [0.29, 0.717) is 6.42 Å². The number of nitrogens with zero attached hydrogens (tertiary/aromatic N) is 2. The second-order valence-electron chi connectivity index (χ2n) is 4.29. The van der Waals surface area contributed by atoms with Crippen LogP contribution in [0.4, 0.5) is 0 Å². The second kappa shape index (κ2) is 6.50. The number of hydrogen-bond donors (Lipinski definition) is 0. The maximum atomic E-state index is 11.8. The Morgan fingerprint density at radius 1 is 1.50 bits per heavy atom. The molecule has 0 fully saturated rings. The Morgan fingerprint density at radius 3 is 3.11 bits per heavy atom. The highest BCUT2D eigenvalue weighted by Gasteiger charge is 2.07. The van der Waals surface area contributed by atoms with Crippen LogP contribution in [0.1, 0.15) is 41.7 Å². The Labute approximate surface area is 111 Å². The summed E-state index contributed by atoms with van der Waals surface area (Å²) in [6.07, 6.45) is 7.44. The van der Waals surface area contributed by atoms with Gasteiger partial charge in [-0.1, -0.05) is 13.0 Å². The summed E-state index contributed by atoms with van der Waals surface area (Å²) in [5.41, 5.74) is 0. The third kappa shape index (κ3) is 3.29. The van der Waals surface area contributed by atoms with E-state index in [4.69, 9.17) is 0 Å². The van der Waals surface area contributed by atoms with Crippen molar-refractivity contribution >= 4 is 17.1 Å². The molecule has 0 unspecified atom stereocenters. The molecule has 18 heavy (non-hydrogen) atoms. The summed E-state index contributed by atoms with van der Waals surface area (Å²) in [5.74, 6) is 1.38. The van der Waals surface area contributed by atoms with E-state index in [-0.39, 0.29) is 5.78 Å². The van der Waals surface area contributed by atoms with Gasteiger partial charge in [-0.05, 0) is 24.3 Å². The molecule has 0 spiro atoms. The third-order valence-electron chi connectivity index (χ3n) is 2.87. The molecule has 0 amide bonds. The van der Waals surface area contributed by atoms with Gasteiger partial charge in [-0.3, -0.25) is 4.79 Å².